The molecule has 3 rings (SSSR count). The summed E-state index contributed by atoms with van der Waals surface area (Å²) in [5.74, 6) is -1.01. The molecule has 128 valence electrons. The topological polar surface area (TPSA) is 92.8 Å². The molecule has 0 fully saturated rings. The lowest BCUT2D eigenvalue weighted by Crippen LogP contribution is -2.24. The van der Waals surface area contributed by atoms with E-state index in [1.807, 2.05) is 30.3 Å². The summed E-state index contributed by atoms with van der Waals surface area (Å²) in [5, 5.41) is 19.0. The Balaban J connectivity index is 1.92. The number of nitrogens with zero attached hydrogens (tertiary/aromatic N) is 4. The van der Waals surface area contributed by atoms with E-state index in [-0.39, 0.29) is 11.3 Å². The number of aromatic nitrogens is 4. The minimum absolute atomic E-state index is 0.182. The van der Waals surface area contributed by atoms with Crippen LogP contribution in [0.1, 0.15) is 5.56 Å². The summed E-state index contributed by atoms with van der Waals surface area (Å²) in [6.07, 6.45) is 1.72. The van der Waals surface area contributed by atoms with E-state index < -0.39 is 5.97 Å². The quantitative estimate of drug-likeness (QED) is 0.599. The van der Waals surface area contributed by atoms with Crippen molar-refractivity contribution in [2.24, 2.45) is 7.05 Å². The molecule has 0 spiro atoms. The molecule has 0 amide bonds. The minimum Gasteiger partial charge on any atom is -0.549 e. The molecular formula is C17H15N4O3S-. The van der Waals surface area contributed by atoms with Crippen molar-refractivity contribution in [2.75, 3.05) is 5.75 Å². The lowest BCUT2D eigenvalue weighted by atomic mass is 10.2. The van der Waals surface area contributed by atoms with Crippen LogP contribution in [0.15, 0.2) is 58.6 Å². The highest BCUT2D eigenvalue weighted by Gasteiger charge is 2.15. The van der Waals surface area contributed by atoms with E-state index in [9.17, 15) is 14.7 Å². The number of carboxylic acids is 1. The molecule has 8 heteroatoms. The first-order chi connectivity index (χ1) is 12.1. The van der Waals surface area contributed by atoms with Crippen LogP contribution in [0.25, 0.3) is 11.4 Å². The van der Waals surface area contributed by atoms with Gasteiger partial charge in [-0.2, -0.15) is 0 Å². The normalized spacial score (nSPS) is 10.8. The van der Waals surface area contributed by atoms with Crippen molar-refractivity contribution in [3.8, 4) is 11.4 Å². The van der Waals surface area contributed by atoms with Crippen molar-refractivity contribution in [3.63, 3.8) is 0 Å². The zero-order valence-electron chi connectivity index (χ0n) is 13.5. The van der Waals surface area contributed by atoms with Crippen LogP contribution in [-0.4, -0.2) is 31.1 Å². The fourth-order valence-electron chi connectivity index (χ4n) is 2.41. The molecule has 1 aromatic carbocycles. The van der Waals surface area contributed by atoms with Crippen molar-refractivity contribution in [1.82, 2.24) is 19.3 Å². The molecule has 7 nitrogen and oxygen atoms in total. The molecular weight excluding hydrogens is 340 g/mol. The van der Waals surface area contributed by atoms with Gasteiger partial charge in [0.05, 0.1) is 18.1 Å². The lowest BCUT2D eigenvalue weighted by molar-refractivity contribution is -0.301. The average molecular weight is 355 g/mol. The number of rotatable bonds is 6. The van der Waals surface area contributed by atoms with Crippen LogP contribution in [-0.2, 0) is 18.4 Å². The third kappa shape index (κ3) is 3.80. The number of carbonyl (C=O) groups excluding carboxylic acids is 1. The summed E-state index contributed by atoms with van der Waals surface area (Å²) in [6.45, 7) is 0.456. The summed E-state index contributed by atoms with van der Waals surface area (Å²) in [5.41, 5.74) is 1.25. The van der Waals surface area contributed by atoms with Crippen molar-refractivity contribution in [1.29, 1.82) is 0 Å². The van der Waals surface area contributed by atoms with Gasteiger partial charge in [-0.05, 0) is 17.7 Å². The Morgan fingerprint density at radius 1 is 1.16 bits per heavy atom. The lowest BCUT2D eigenvalue weighted by Gasteiger charge is -2.08. The first-order valence-electron chi connectivity index (χ1n) is 7.52. The van der Waals surface area contributed by atoms with E-state index in [1.165, 1.54) is 0 Å². The number of carbonyl (C=O) groups is 1. The number of hydrogen-bond acceptors (Lipinski definition) is 6. The van der Waals surface area contributed by atoms with Gasteiger partial charge in [0.15, 0.2) is 11.0 Å². The fourth-order valence-corrected chi connectivity index (χ4v) is 3.04. The number of benzene rings is 1. The summed E-state index contributed by atoms with van der Waals surface area (Å²) < 4.78 is 3.21. The maximum atomic E-state index is 12.8. The first-order valence-corrected chi connectivity index (χ1v) is 8.50. The van der Waals surface area contributed by atoms with Gasteiger partial charge >= 0.3 is 0 Å². The van der Waals surface area contributed by atoms with Gasteiger partial charge in [0.1, 0.15) is 0 Å². The molecule has 2 aromatic heterocycles. The van der Waals surface area contributed by atoms with Crippen LogP contribution in [0.3, 0.4) is 0 Å². The largest absolute Gasteiger partial charge is 0.549 e. The number of hydrogen-bond donors (Lipinski definition) is 0. The van der Waals surface area contributed by atoms with Crippen molar-refractivity contribution >= 4 is 17.7 Å². The molecule has 0 unspecified atom stereocenters. The van der Waals surface area contributed by atoms with Crippen molar-refractivity contribution in [3.05, 3.63) is 64.6 Å². The average Bonchev–Trinajstić information content (AvgIpc) is 2.96. The Hall–Kier alpha value is -2.87. The van der Waals surface area contributed by atoms with Crippen LogP contribution in [0, 0.1) is 0 Å². The predicted molar refractivity (Wildman–Crippen MR) is 92.0 cm³/mol. The Kier molecular flexibility index (Phi) is 4.99. The van der Waals surface area contributed by atoms with Crippen molar-refractivity contribution in [2.45, 2.75) is 11.7 Å². The summed E-state index contributed by atoms with van der Waals surface area (Å²) >= 11 is 1.00. The second-order valence-electron chi connectivity index (χ2n) is 5.37. The standard InChI is InChI=1S/C17H16N4O3S/c1-20-15(18-19-17(20)25-11-14(22)23)13-8-5-9-21(16(13)24)10-12-6-3-2-4-7-12/h2-9H,10-11H2,1H3,(H,22,23)/p-1. The molecule has 3 aromatic rings. The van der Waals surface area contributed by atoms with Gasteiger partial charge in [-0.15, -0.1) is 10.2 Å². The molecule has 0 saturated carbocycles. The molecule has 2 heterocycles. The summed E-state index contributed by atoms with van der Waals surface area (Å²) in [6, 6.07) is 13.1. The van der Waals surface area contributed by atoms with Crippen LogP contribution in [0.2, 0.25) is 0 Å². The van der Waals surface area contributed by atoms with Crippen molar-refractivity contribution < 1.29 is 9.90 Å². The molecule has 0 atom stereocenters. The van der Waals surface area contributed by atoms with E-state index in [0.717, 1.165) is 17.3 Å². The molecule has 0 saturated heterocycles. The maximum Gasteiger partial charge on any atom is 0.261 e. The smallest absolute Gasteiger partial charge is 0.261 e. The van der Waals surface area contributed by atoms with Gasteiger partial charge in [-0.25, -0.2) is 0 Å². The Morgan fingerprint density at radius 3 is 2.64 bits per heavy atom. The highest BCUT2D eigenvalue weighted by atomic mass is 32.2. The third-order valence-corrected chi connectivity index (χ3v) is 4.60. The monoisotopic (exact) mass is 355 g/mol. The zero-order valence-corrected chi connectivity index (χ0v) is 14.3. The van der Waals surface area contributed by atoms with E-state index in [0.29, 0.717) is 23.1 Å². The second-order valence-corrected chi connectivity index (χ2v) is 6.31. The Bertz CT molecular complexity index is 950. The molecule has 0 aliphatic carbocycles. The van der Waals surface area contributed by atoms with Crippen LogP contribution < -0.4 is 10.7 Å². The van der Waals surface area contributed by atoms with Crippen LogP contribution in [0.4, 0.5) is 0 Å². The molecule has 0 radical (unpaired) electrons. The zero-order chi connectivity index (χ0) is 17.8. The van der Waals surface area contributed by atoms with Crippen LogP contribution in [0.5, 0.6) is 0 Å². The van der Waals surface area contributed by atoms with E-state index >= 15 is 0 Å². The van der Waals surface area contributed by atoms with Crippen LogP contribution >= 0.6 is 11.8 Å². The maximum absolute atomic E-state index is 12.8. The Morgan fingerprint density at radius 2 is 1.92 bits per heavy atom. The van der Waals surface area contributed by atoms with E-state index in [2.05, 4.69) is 10.2 Å². The highest BCUT2D eigenvalue weighted by molar-refractivity contribution is 7.99. The third-order valence-electron chi connectivity index (χ3n) is 3.61. The minimum atomic E-state index is -1.18. The van der Waals surface area contributed by atoms with Gasteiger partial charge in [0.25, 0.3) is 5.56 Å². The molecule has 0 aliphatic heterocycles. The molecule has 0 bridgehead atoms. The predicted octanol–water partition coefficient (Wildman–Crippen LogP) is 0.534. The second kappa shape index (κ2) is 7.35. The number of pyridine rings is 1. The van der Waals surface area contributed by atoms with Gasteiger partial charge in [-0.3, -0.25) is 4.79 Å². The molecule has 0 N–H and O–H groups in total. The number of aliphatic carboxylic acids is 1. The SMILES string of the molecule is Cn1c(SCC(=O)[O-])nnc1-c1cccn(Cc2ccccc2)c1=O. The first kappa shape index (κ1) is 17.0. The van der Waals surface area contributed by atoms with E-state index in [1.54, 1.807) is 34.5 Å². The Labute approximate surface area is 148 Å². The van der Waals surface area contributed by atoms with Gasteiger partial charge in [0.2, 0.25) is 0 Å². The highest BCUT2D eigenvalue weighted by Crippen LogP contribution is 2.20. The van der Waals surface area contributed by atoms with Gasteiger partial charge < -0.3 is 19.0 Å². The number of thioether (sulfide) groups is 1. The molecule has 25 heavy (non-hydrogen) atoms. The number of carboxylic acid groups (broad SMARTS) is 1. The van der Waals surface area contributed by atoms with Gasteiger partial charge in [0, 0.05) is 19.0 Å². The van der Waals surface area contributed by atoms with E-state index in [4.69, 9.17) is 0 Å². The molecule has 0 aliphatic rings. The fraction of sp³-hybridized carbons (Fsp3) is 0.176. The summed E-state index contributed by atoms with van der Waals surface area (Å²) in [7, 11) is 1.70. The van der Waals surface area contributed by atoms with Gasteiger partial charge in [-0.1, -0.05) is 42.1 Å². The summed E-state index contributed by atoms with van der Waals surface area (Å²) in [4.78, 5) is 23.4.